The Kier molecular flexibility index (Phi) is 4.52. The quantitative estimate of drug-likeness (QED) is 0.883. The van der Waals surface area contributed by atoms with Gasteiger partial charge in [-0.3, -0.25) is 9.89 Å². The monoisotopic (exact) mass is 343 g/mol. The van der Waals surface area contributed by atoms with Crippen molar-refractivity contribution in [3.8, 4) is 0 Å². The van der Waals surface area contributed by atoms with Crippen molar-refractivity contribution in [1.82, 2.24) is 35.4 Å². The Balaban J connectivity index is 1.58. The molecule has 0 bridgehead atoms. The molecule has 1 amide bonds. The minimum absolute atomic E-state index is 0.0106. The van der Waals surface area contributed by atoms with E-state index in [1.54, 1.807) is 0 Å². The maximum Gasteiger partial charge on any atom is 0.276 e. The Morgan fingerprint density at radius 2 is 2.08 bits per heavy atom. The molecular formula is C17H25N7O. The van der Waals surface area contributed by atoms with Gasteiger partial charge in [0, 0.05) is 18.3 Å². The number of piperidine rings is 2. The van der Waals surface area contributed by atoms with Crippen molar-refractivity contribution in [1.29, 1.82) is 0 Å². The van der Waals surface area contributed by atoms with Gasteiger partial charge in [0.15, 0.2) is 5.69 Å². The number of nitrogens with zero attached hydrogens (tertiary/aromatic N) is 5. The highest BCUT2D eigenvalue weighted by atomic mass is 16.2. The Hall–Kier alpha value is -2.22. The van der Waals surface area contributed by atoms with E-state index < -0.39 is 0 Å². The standard InChI is InChI=1S/C17H25N7O/c1-12-16(21-22-24(12)14-5-7-18-8-6-14)17(25)23-9-3-2-4-15(23)13-10-19-20-11-13/h10-11,14-15,18H,2-9H2,1H3,(H,19,20)/t15-/m1/s1. The zero-order valence-electron chi connectivity index (χ0n) is 14.6. The lowest BCUT2D eigenvalue weighted by Gasteiger charge is -2.35. The number of aromatic nitrogens is 5. The number of carbonyl (C=O) groups excluding carboxylic acids is 1. The topological polar surface area (TPSA) is 91.7 Å². The number of hydrogen-bond donors (Lipinski definition) is 2. The Morgan fingerprint density at radius 1 is 1.24 bits per heavy atom. The van der Waals surface area contributed by atoms with Crippen LogP contribution in [0.4, 0.5) is 0 Å². The summed E-state index contributed by atoms with van der Waals surface area (Å²) in [6.45, 7) is 4.70. The first-order valence-electron chi connectivity index (χ1n) is 9.18. The molecule has 2 aliphatic heterocycles. The van der Waals surface area contributed by atoms with Crippen molar-refractivity contribution < 1.29 is 4.79 Å². The molecule has 0 spiro atoms. The number of likely N-dealkylation sites (tertiary alicyclic amines) is 1. The third-order valence-electron chi connectivity index (χ3n) is 5.45. The summed E-state index contributed by atoms with van der Waals surface area (Å²) in [6.07, 6.45) is 8.87. The fraction of sp³-hybridized carbons (Fsp3) is 0.647. The first kappa shape index (κ1) is 16.3. The van der Waals surface area contributed by atoms with Crippen LogP contribution in [-0.4, -0.2) is 55.6 Å². The van der Waals surface area contributed by atoms with Crippen LogP contribution in [0, 0.1) is 6.92 Å². The van der Waals surface area contributed by atoms with Gasteiger partial charge in [-0.25, -0.2) is 4.68 Å². The van der Waals surface area contributed by atoms with Gasteiger partial charge in [-0.05, 0) is 52.1 Å². The van der Waals surface area contributed by atoms with E-state index in [1.165, 1.54) is 0 Å². The molecule has 0 unspecified atom stereocenters. The SMILES string of the molecule is Cc1c(C(=O)N2CCCC[C@@H]2c2cn[nH]c2)nnn1C1CCNCC1. The summed E-state index contributed by atoms with van der Waals surface area (Å²) in [5.41, 5.74) is 2.44. The van der Waals surface area contributed by atoms with Gasteiger partial charge < -0.3 is 10.2 Å². The van der Waals surface area contributed by atoms with Gasteiger partial charge in [0.25, 0.3) is 5.91 Å². The highest BCUT2D eigenvalue weighted by Crippen LogP contribution is 2.32. The summed E-state index contributed by atoms with van der Waals surface area (Å²) >= 11 is 0. The van der Waals surface area contributed by atoms with E-state index in [0.717, 1.165) is 63.0 Å². The molecule has 0 aromatic carbocycles. The molecule has 134 valence electrons. The molecule has 0 saturated carbocycles. The smallest absolute Gasteiger partial charge is 0.276 e. The van der Waals surface area contributed by atoms with E-state index in [1.807, 2.05) is 28.9 Å². The predicted molar refractivity (Wildman–Crippen MR) is 92.1 cm³/mol. The van der Waals surface area contributed by atoms with Crippen LogP contribution in [0.15, 0.2) is 12.4 Å². The maximum atomic E-state index is 13.2. The largest absolute Gasteiger partial charge is 0.330 e. The zero-order chi connectivity index (χ0) is 17.2. The second kappa shape index (κ2) is 6.95. The Bertz CT molecular complexity index is 717. The van der Waals surface area contributed by atoms with Crippen LogP contribution in [0.5, 0.6) is 0 Å². The van der Waals surface area contributed by atoms with Crippen LogP contribution in [0.25, 0.3) is 0 Å². The molecule has 2 aromatic heterocycles. The predicted octanol–water partition coefficient (Wildman–Crippen LogP) is 1.60. The third-order valence-corrected chi connectivity index (χ3v) is 5.45. The number of H-pyrrole nitrogens is 1. The van der Waals surface area contributed by atoms with Crippen LogP contribution in [0.3, 0.4) is 0 Å². The van der Waals surface area contributed by atoms with E-state index in [-0.39, 0.29) is 11.9 Å². The van der Waals surface area contributed by atoms with Gasteiger partial charge in [0.05, 0.1) is 24.0 Å². The average molecular weight is 343 g/mol. The fourth-order valence-corrected chi connectivity index (χ4v) is 4.04. The Morgan fingerprint density at radius 3 is 2.84 bits per heavy atom. The number of aromatic amines is 1. The van der Waals surface area contributed by atoms with Crippen LogP contribution < -0.4 is 5.32 Å². The summed E-state index contributed by atoms with van der Waals surface area (Å²) in [5.74, 6) is -0.0106. The molecule has 2 fully saturated rings. The van der Waals surface area contributed by atoms with Gasteiger partial charge in [0.1, 0.15) is 0 Å². The van der Waals surface area contributed by atoms with Gasteiger partial charge >= 0.3 is 0 Å². The second-order valence-electron chi connectivity index (χ2n) is 6.99. The van der Waals surface area contributed by atoms with Crippen molar-refractivity contribution in [2.24, 2.45) is 0 Å². The minimum Gasteiger partial charge on any atom is -0.330 e. The lowest BCUT2D eigenvalue weighted by Crippen LogP contribution is -2.39. The molecule has 2 saturated heterocycles. The van der Waals surface area contributed by atoms with Crippen molar-refractivity contribution in [2.45, 2.75) is 51.1 Å². The van der Waals surface area contributed by atoms with E-state index in [4.69, 9.17) is 0 Å². The first-order chi connectivity index (χ1) is 12.3. The molecule has 0 aliphatic carbocycles. The molecule has 2 N–H and O–H groups in total. The van der Waals surface area contributed by atoms with Crippen molar-refractivity contribution in [3.63, 3.8) is 0 Å². The highest BCUT2D eigenvalue weighted by molar-refractivity contribution is 5.93. The van der Waals surface area contributed by atoms with Gasteiger partial charge in [-0.1, -0.05) is 5.21 Å². The molecule has 1 atom stereocenters. The van der Waals surface area contributed by atoms with Gasteiger partial charge in [-0.2, -0.15) is 5.10 Å². The molecular weight excluding hydrogens is 318 g/mol. The van der Waals surface area contributed by atoms with Crippen molar-refractivity contribution in [2.75, 3.05) is 19.6 Å². The van der Waals surface area contributed by atoms with Crippen LogP contribution >= 0.6 is 0 Å². The van der Waals surface area contributed by atoms with E-state index in [0.29, 0.717) is 11.7 Å². The summed E-state index contributed by atoms with van der Waals surface area (Å²) in [5, 5.41) is 18.8. The summed E-state index contributed by atoms with van der Waals surface area (Å²) in [7, 11) is 0. The normalized spacial score (nSPS) is 22.3. The number of hydrogen-bond acceptors (Lipinski definition) is 5. The van der Waals surface area contributed by atoms with Gasteiger partial charge in [0.2, 0.25) is 0 Å². The first-order valence-corrected chi connectivity index (χ1v) is 9.18. The molecule has 25 heavy (non-hydrogen) atoms. The Labute approximate surface area is 147 Å². The van der Waals surface area contributed by atoms with Crippen LogP contribution in [0.2, 0.25) is 0 Å². The molecule has 0 radical (unpaired) electrons. The molecule has 2 aromatic rings. The number of nitrogens with one attached hydrogen (secondary N) is 2. The van der Waals surface area contributed by atoms with Crippen molar-refractivity contribution in [3.05, 3.63) is 29.3 Å². The average Bonchev–Trinajstić information content (AvgIpc) is 3.32. The fourth-order valence-electron chi connectivity index (χ4n) is 4.04. The van der Waals surface area contributed by atoms with Gasteiger partial charge in [-0.15, -0.1) is 5.10 Å². The van der Waals surface area contributed by atoms with E-state index in [9.17, 15) is 4.79 Å². The van der Waals surface area contributed by atoms with Crippen LogP contribution in [0.1, 0.15) is 65.9 Å². The van der Waals surface area contributed by atoms with E-state index in [2.05, 4.69) is 25.8 Å². The van der Waals surface area contributed by atoms with Crippen molar-refractivity contribution >= 4 is 5.91 Å². The molecule has 8 heteroatoms. The second-order valence-corrected chi connectivity index (χ2v) is 6.99. The molecule has 4 rings (SSSR count). The lowest BCUT2D eigenvalue weighted by molar-refractivity contribution is 0.0604. The number of amides is 1. The zero-order valence-corrected chi connectivity index (χ0v) is 14.6. The maximum absolute atomic E-state index is 13.2. The highest BCUT2D eigenvalue weighted by Gasteiger charge is 2.32. The number of rotatable bonds is 3. The lowest BCUT2D eigenvalue weighted by atomic mass is 9.97. The molecule has 4 heterocycles. The summed E-state index contributed by atoms with van der Waals surface area (Å²) in [6, 6.07) is 0.407. The number of carbonyl (C=O) groups is 1. The minimum atomic E-state index is -0.0106. The third kappa shape index (κ3) is 3.06. The molecule has 8 nitrogen and oxygen atoms in total. The summed E-state index contributed by atoms with van der Waals surface area (Å²) in [4.78, 5) is 15.1. The van der Waals surface area contributed by atoms with Crippen LogP contribution in [-0.2, 0) is 0 Å². The summed E-state index contributed by atoms with van der Waals surface area (Å²) < 4.78 is 1.95. The van der Waals surface area contributed by atoms with E-state index >= 15 is 0 Å². The molecule has 2 aliphatic rings.